The van der Waals surface area contributed by atoms with Gasteiger partial charge in [0.05, 0.1) is 10.6 Å². The molecule has 24 heavy (non-hydrogen) atoms. The first kappa shape index (κ1) is 18.9. The maximum atomic E-state index is 12.5. The largest absolute Gasteiger partial charge is 0.342 e. The number of amides is 1. The number of benzene rings is 2. The summed E-state index contributed by atoms with van der Waals surface area (Å²) >= 11 is 14.9. The van der Waals surface area contributed by atoms with Crippen molar-refractivity contribution in [1.29, 1.82) is 0 Å². The van der Waals surface area contributed by atoms with Gasteiger partial charge >= 0.3 is 0 Å². The summed E-state index contributed by atoms with van der Waals surface area (Å²) in [6.07, 6.45) is 0. The number of rotatable bonds is 4. The Bertz CT molecular complexity index is 737. The summed E-state index contributed by atoms with van der Waals surface area (Å²) in [4.78, 5) is 14.4. The van der Waals surface area contributed by atoms with Gasteiger partial charge in [0.15, 0.2) is 5.11 Å². The second-order valence-corrected chi connectivity index (χ2v) is 7.30. The van der Waals surface area contributed by atoms with Crippen molar-refractivity contribution in [3.05, 3.63) is 69.2 Å². The Labute approximate surface area is 161 Å². The van der Waals surface area contributed by atoms with Crippen molar-refractivity contribution in [3.8, 4) is 0 Å². The molecule has 0 aliphatic heterocycles. The van der Waals surface area contributed by atoms with E-state index in [1.807, 2.05) is 49.1 Å². The molecule has 0 fully saturated rings. The van der Waals surface area contributed by atoms with Gasteiger partial charge in [0, 0.05) is 17.1 Å². The molecule has 2 aromatic carbocycles. The van der Waals surface area contributed by atoms with Gasteiger partial charge in [0.25, 0.3) is 5.91 Å². The highest BCUT2D eigenvalue weighted by molar-refractivity contribution is 9.10. The highest BCUT2D eigenvalue weighted by Crippen LogP contribution is 2.21. The third-order valence-electron chi connectivity index (χ3n) is 3.47. The second kappa shape index (κ2) is 8.60. The van der Waals surface area contributed by atoms with E-state index in [0.29, 0.717) is 22.2 Å². The number of hydrogen-bond donors (Lipinski definition) is 1. The van der Waals surface area contributed by atoms with Gasteiger partial charge in [0.2, 0.25) is 0 Å². The molecule has 0 spiro atoms. The van der Waals surface area contributed by atoms with Crippen LogP contribution >= 0.6 is 39.7 Å². The summed E-state index contributed by atoms with van der Waals surface area (Å²) in [7, 11) is 0. The van der Waals surface area contributed by atoms with Crippen LogP contribution in [0, 0.1) is 0 Å². The molecule has 2 rings (SSSR count). The van der Waals surface area contributed by atoms with Gasteiger partial charge in [-0.3, -0.25) is 10.1 Å². The summed E-state index contributed by atoms with van der Waals surface area (Å²) in [6.45, 7) is 4.70. The van der Waals surface area contributed by atoms with Gasteiger partial charge in [-0.15, -0.1) is 0 Å². The van der Waals surface area contributed by atoms with E-state index in [1.54, 1.807) is 18.2 Å². The fourth-order valence-corrected chi connectivity index (χ4v) is 3.11. The predicted molar refractivity (Wildman–Crippen MR) is 106 cm³/mol. The zero-order valence-electron chi connectivity index (χ0n) is 13.4. The molecule has 0 aliphatic carbocycles. The summed E-state index contributed by atoms with van der Waals surface area (Å²) in [6, 6.07) is 15.3. The fourth-order valence-electron chi connectivity index (χ4n) is 2.18. The number of nitrogens with zero attached hydrogens (tertiary/aromatic N) is 1. The lowest BCUT2D eigenvalue weighted by molar-refractivity contribution is 0.0972. The van der Waals surface area contributed by atoms with E-state index in [1.165, 1.54) is 0 Å². The fraction of sp³-hybridized carbons (Fsp3) is 0.222. The summed E-state index contributed by atoms with van der Waals surface area (Å²) in [5.41, 5.74) is 1.51. The Hall–Kier alpha value is -1.43. The number of carbonyl (C=O) groups excluding carboxylic acids is 1. The molecule has 0 saturated carbocycles. The first-order valence-corrected chi connectivity index (χ1v) is 9.07. The normalized spacial score (nSPS) is 10.5. The average Bonchev–Trinajstić information content (AvgIpc) is 2.55. The molecule has 0 aromatic heterocycles. The Morgan fingerprint density at radius 1 is 1.25 bits per heavy atom. The summed E-state index contributed by atoms with van der Waals surface area (Å²) < 4.78 is 0.785. The van der Waals surface area contributed by atoms with Crippen LogP contribution in [-0.4, -0.2) is 22.0 Å². The van der Waals surface area contributed by atoms with E-state index in [2.05, 4.69) is 21.2 Å². The molecule has 0 atom stereocenters. The molecular formula is C18H18BrClN2OS. The highest BCUT2D eigenvalue weighted by Gasteiger charge is 2.18. The van der Waals surface area contributed by atoms with Gasteiger partial charge in [-0.05, 0) is 49.8 Å². The molecule has 0 radical (unpaired) electrons. The van der Waals surface area contributed by atoms with E-state index in [-0.39, 0.29) is 11.9 Å². The molecule has 1 N–H and O–H groups in total. The lowest BCUT2D eigenvalue weighted by atomic mass is 10.2. The van der Waals surface area contributed by atoms with Crippen molar-refractivity contribution in [1.82, 2.24) is 10.2 Å². The summed E-state index contributed by atoms with van der Waals surface area (Å²) in [5, 5.41) is 3.55. The Morgan fingerprint density at radius 2 is 1.92 bits per heavy atom. The van der Waals surface area contributed by atoms with Crippen LogP contribution in [0.4, 0.5) is 0 Å². The molecule has 126 valence electrons. The van der Waals surface area contributed by atoms with Crippen LogP contribution in [0.25, 0.3) is 0 Å². The second-order valence-electron chi connectivity index (χ2n) is 5.59. The van der Waals surface area contributed by atoms with Crippen LogP contribution in [0.15, 0.2) is 53.0 Å². The van der Waals surface area contributed by atoms with E-state index in [9.17, 15) is 4.79 Å². The van der Waals surface area contributed by atoms with Crippen molar-refractivity contribution in [3.63, 3.8) is 0 Å². The molecule has 6 heteroatoms. The average molecular weight is 426 g/mol. The zero-order valence-corrected chi connectivity index (χ0v) is 16.6. The third kappa shape index (κ3) is 5.03. The molecule has 2 aromatic rings. The number of nitrogens with one attached hydrogen (secondary N) is 1. The first-order valence-electron chi connectivity index (χ1n) is 7.49. The standard InChI is InChI=1S/C18H18BrClN2OS/c1-12(2)22(11-13-6-4-3-5-7-13)18(24)21-17(23)15-10-14(19)8-9-16(15)20/h3-10,12H,11H2,1-2H3,(H,21,23,24). The molecular weight excluding hydrogens is 408 g/mol. The van der Waals surface area contributed by atoms with Crippen LogP contribution < -0.4 is 5.32 Å². The maximum absolute atomic E-state index is 12.5. The van der Waals surface area contributed by atoms with Crippen molar-refractivity contribution in [2.45, 2.75) is 26.4 Å². The van der Waals surface area contributed by atoms with Crippen LogP contribution in [0.5, 0.6) is 0 Å². The number of carbonyl (C=O) groups is 1. The van der Waals surface area contributed by atoms with Crippen molar-refractivity contribution < 1.29 is 4.79 Å². The molecule has 1 amide bonds. The number of thiocarbonyl (C=S) groups is 1. The molecule has 0 bridgehead atoms. The molecule has 3 nitrogen and oxygen atoms in total. The summed E-state index contributed by atoms with van der Waals surface area (Å²) in [5.74, 6) is -0.315. The predicted octanol–water partition coefficient (Wildman–Crippen LogP) is 5.03. The quantitative estimate of drug-likeness (QED) is 0.697. The Balaban J connectivity index is 2.13. The van der Waals surface area contributed by atoms with Crippen molar-refractivity contribution in [2.24, 2.45) is 0 Å². The minimum atomic E-state index is -0.315. The van der Waals surface area contributed by atoms with E-state index >= 15 is 0 Å². The minimum absolute atomic E-state index is 0.149. The van der Waals surface area contributed by atoms with Crippen LogP contribution in [-0.2, 0) is 6.54 Å². The SMILES string of the molecule is CC(C)N(Cc1ccccc1)C(=S)NC(=O)c1cc(Br)ccc1Cl. The van der Waals surface area contributed by atoms with Crippen LogP contribution in [0.3, 0.4) is 0 Å². The van der Waals surface area contributed by atoms with Crippen LogP contribution in [0.2, 0.25) is 5.02 Å². The molecule has 0 unspecified atom stereocenters. The van der Waals surface area contributed by atoms with Crippen molar-refractivity contribution >= 4 is 50.8 Å². The Morgan fingerprint density at radius 3 is 2.54 bits per heavy atom. The van der Waals surface area contributed by atoms with Crippen LogP contribution in [0.1, 0.15) is 29.8 Å². The monoisotopic (exact) mass is 424 g/mol. The topological polar surface area (TPSA) is 32.3 Å². The van der Waals surface area contributed by atoms with E-state index < -0.39 is 0 Å². The number of hydrogen-bond acceptors (Lipinski definition) is 2. The molecule has 0 saturated heterocycles. The van der Waals surface area contributed by atoms with Gasteiger partial charge in [-0.25, -0.2) is 0 Å². The minimum Gasteiger partial charge on any atom is -0.342 e. The molecule has 0 aliphatic rings. The van der Waals surface area contributed by atoms with Gasteiger partial charge in [-0.1, -0.05) is 57.9 Å². The lowest BCUT2D eigenvalue weighted by Gasteiger charge is -2.29. The van der Waals surface area contributed by atoms with Gasteiger partial charge in [-0.2, -0.15) is 0 Å². The Kier molecular flexibility index (Phi) is 6.78. The van der Waals surface area contributed by atoms with E-state index in [4.69, 9.17) is 23.8 Å². The van der Waals surface area contributed by atoms with Crippen molar-refractivity contribution in [2.75, 3.05) is 0 Å². The lowest BCUT2D eigenvalue weighted by Crippen LogP contribution is -2.45. The maximum Gasteiger partial charge on any atom is 0.258 e. The highest BCUT2D eigenvalue weighted by atomic mass is 79.9. The molecule has 0 heterocycles. The van der Waals surface area contributed by atoms with Gasteiger partial charge in [0.1, 0.15) is 0 Å². The third-order valence-corrected chi connectivity index (χ3v) is 4.63. The first-order chi connectivity index (χ1) is 11.4. The zero-order chi connectivity index (χ0) is 17.7. The van der Waals surface area contributed by atoms with Gasteiger partial charge < -0.3 is 4.90 Å². The van der Waals surface area contributed by atoms with E-state index in [0.717, 1.165) is 10.0 Å². The smallest absolute Gasteiger partial charge is 0.258 e. The number of halogens is 2.